The van der Waals surface area contributed by atoms with Crippen molar-refractivity contribution >= 4 is 28.4 Å². The Balaban J connectivity index is 1.84. The maximum absolute atomic E-state index is 12.6. The van der Waals surface area contributed by atoms with Crippen LogP contribution in [-0.2, 0) is 24.7 Å². The van der Waals surface area contributed by atoms with Gasteiger partial charge < -0.3 is 0 Å². The van der Waals surface area contributed by atoms with Crippen LogP contribution in [0.2, 0.25) is 0 Å². The summed E-state index contributed by atoms with van der Waals surface area (Å²) in [5, 5.41) is 4.79. The highest BCUT2D eigenvalue weighted by atomic mass is 127. The Hall–Kier alpha value is -1.43. The highest BCUT2D eigenvalue weighted by Gasteiger charge is 2.32. The van der Waals surface area contributed by atoms with E-state index >= 15 is 0 Å². The molecule has 1 aliphatic carbocycles. The lowest BCUT2D eigenvalue weighted by Crippen LogP contribution is -2.26. The molecular weight excluding hydrogens is 423 g/mol. The molecule has 132 valence electrons. The summed E-state index contributed by atoms with van der Waals surface area (Å²) in [5.74, 6) is 0.730. The molecule has 1 aromatic carbocycles. The first kappa shape index (κ1) is 18.4. The number of benzene rings is 1. The number of allylic oxidation sites excluding steroid dienone is 2. The Labute approximate surface area is 163 Å². The topological polar surface area (TPSA) is 34.9 Å². The first-order chi connectivity index (χ1) is 12.0. The van der Waals surface area contributed by atoms with Gasteiger partial charge in [0.05, 0.1) is 15.0 Å². The van der Waals surface area contributed by atoms with Crippen molar-refractivity contribution in [3.63, 3.8) is 0 Å². The van der Waals surface area contributed by atoms with Gasteiger partial charge in [0, 0.05) is 24.1 Å². The minimum absolute atomic E-state index is 0.0602. The summed E-state index contributed by atoms with van der Waals surface area (Å²) in [7, 11) is 2.02. The molecule has 0 fully saturated rings. The molecule has 0 unspecified atom stereocenters. The van der Waals surface area contributed by atoms with Gasteiger partial charge in [-0.2, -0.15) is 5.10 Å². The number of hydrogen-bond donors (Lipinski definition) is 0. The zero-order valence-electron chi connectivity index (χ0n) is 15.1. The van der Waals surface area contributed by atoms with Gasteiger partial charge in [0.25, 0.3) is 0 Å². The van der Waals surface area contributed by atoms with Gasteiger partial charge in [-0.05, 0) is 54.2 Å². The van der Waals surface area contributed by atoms with Gasteiger partial charge in [-0.3, -0.25) is 9.48 Å². The Morgan fingerprint density at radius 2 is 2.12 bits per heavy atom. The molecular formula is C21H25IN2O. The lowest BCUT2D eigenvalue weighted by atomic mass is 9.77. The van der Waals surface area contributed by atoms with E-state index in [0.29, 0.717) is 5.92 Å². The fourth-order valence-corrected chi connectivity index (χ4v) is 4.76. The molecule has 0 spiro atoms. The van der Waals surface area contributed by atoms with Crippen molar-refractivity contribution in [2.75, 3.05) is 0 Å². The van der Waals surface area contributed by atoms with Crippen LogP contribution in [0.5, 0.6) is 0 Å². The minimum atomic E-state index is 0.0602. The smallest absolute Gasteiger partial charge is 0.171 e. The summed E-state index contributed by atoms with van der Waals surface area (Å²) in [5.41, 5.74) is 4.99. The van der Waals surface area contributed by atoms with Crippen molar-refractivity contribution in [3.05, 3.63) is 51.2 Å². The van der Waals surface area contributed by atoms with E-state index in [9.17, 15) is 4.79 Å². The molecule has 0 radical (unpaired) electrons. The van der Waals surface area contributed by atoms with Crippen molar-refractivity contribution in [2.24, 2.45) is 18.9 Å². The summed E-state index contributed by atoms with van der Waals surface area (Å²) in [6.45, 7) is 4.16. The largest absolute Gasteiger partial charge is 0.293 e. The zero-order chi connectivity index (χ0) is 18.0. The number of rotatable bonds is 5. The quantitative estimate of drug-likeness (QED) is 0.470. The maximum Gasteiger partial charge on any atom is 0.171 e. The third kappa shape index (κ3) is 3.73. The van der Waals surface area contributed by atoms with Crippen molar-refractivity contribution in [1.82, 2.24) is 9.78 Å². The molecule has 0 saturated heterocycles. The third-order valence-corrected chi connectivity index (χ3v) is 6.21. The van der Waals surface area contributed by atoms with E-state index in [1.54, 1.807) is 0 Å². The van der Waals surface area contributed by atoms with E-state index in [1.165, 1.54) is 22.5 Å². The van der Waals surface area contributed by atoms with E-state index in [0.717, 1.165) is 29.3 Å². The lowest BCUT2D eigenvalue weighted by Gasteiger charge is -2.26. The van der Waals surface area contributed by atoms with Crippen LogP contribution < -0.4 is 0 Å². The summed E-state index contributed by atoms with van der Waals surface area (Å²) < 4.78 is 2.89. The second kappa shape index (κ2) is 7.85. The van der Waals surface area contributed by atoms with Gasteiger partial charge in [-0.25, -0.2) is 0 Å². The van der Waals surface area contributed by atoms with E-state index in [4.69, 9.17) is 5.10 Å². The zero-order valence-corrected chi connectivity index (χ0v) is 17.3. The second-order valence-electron chi connectivity index (χ2n) is 6.88. The Kier molecular flexibility index (Phi) is 5.77. The number of nitrogens with zero attached hydrogens (tertiary/aromatic N) is 2. The molecule has 0 N–H and O–H groups in total. The van der Waals surface area contributed by atoms with Gasteiger partial charge in [0.1, 0.15) is 0 Å². The minimum Gasteiger partial charge on any atom is -0.293 e. The van der Waals surface area contributed by atoms with Crippen LogP contribution in [0.25, 0.3) is 11.3 Å². The van der Waals surface area contributed by atoms with Crippen LogP contribution in [-0.4, -0.2) is 15.6 Å². The number of halogens is 1. The standard InChI is InChI=1S/C21H25IN2O/c1-4-8-18(22)21(25)14(2)16-11-12-17-19(13-16)23-24(3)20(17)15-9-6-5-7-10-15/h5-10,14,16H,4,11-13H2,1-3H3/b18-8+/t14-,16+/m0/s1. The molecule has 2 aromatic rings. The molecule has 1 heterocycles. The van der Waals surface area contributed by atoms with Crippen LogP contribution in [0.3, 0.4) is 0 Å². The molecule has 2 atom stereocenters. The number of Topliss-reactive ketones (excluding diaryl/α,β-unsaturated/α-hetero) is 1. The van der Waals surface area contributed by atoms with Crippen LogP contribution in [0, 0.1) is 11.8 Å². The van der Waals surface area contributed by atoms with Crippen LogP contribution in [0.4, 0.5) is 0 Å². The molecule has 0 saturated carbocycles. The highest BCUT2D eigenvalue weighted by Crippen LogP contribution is 2.36. The Morgan fingerprint density at radius 3 is 2.80 bits per heavy atom. The maximum atomic E-state index is 12.6. The Bertz CT molecular complexity index is 792. The number of ketones is 1. The molecule has 1 aliphatic rings. The fraction of sp³-hybridized carbons (Fsp3) is 0.429. The molecule has 0 aliphatic heterocycles. The number of carbonyl (C=O) groups is 1. The average Bonchev–Trinajstić information content (AvgIpc) is 2.96. The van der Waals surface area contributed by atoms with E-state index in [1.807, 2.05) is 23.9 Å². The van der Waals surface area contributed by atoms with Crippen LogP contribution >= 0.6 is 22.6 Å². The third-order valence-electron chi connectivity index (χ3n) is 5.24. The van der Waals surface area contributed by atoms with E-state index in [2.05, 4.69) is 60.7 Å². The van der Waals surface area contributed by atoms with Gasteiger partial charge in [-0.1, -0.05) is 50.3 Å². The molecule has 0 amide bonds. The summed E-state index contributed by atoms with van der Waals surface area (Å²) in [4.78, 5) is 12.6. The number of carbonyl (C=O) groups excluding carboxylic acids is 1. The van der Waals surface area contributed by atoms with Gasteiger partial charge in [0.15, 0.2) is 5.78 Å². The normalized spacial score (nSPS) is 18.7. The first-order valence-corrected chi connectivity index (χ1v) is 10.1. The summed E-state index contributed by atoms with van der Waals surface area (Å²) in [6, 6.07) is 10.5. The number of aryl methyl sites for hydroxylation is 1. The molecule has 3 rings (SSSR count). The fourth-order valence-electron chi connectivity index (χ4n) is 3.83. The highest BCUT2D eigenvalue weighted by molar-refractivity contribution is 14.1. The number of fused-ring (bicyclic) bond motifs is 1. The molecule has 1 aromatic heterocycles. The van der Waals surface area contributed by atoms with Gasteiger partial charge >= 0.3 is 0 Å². The van der Waals surface area contributed by atoms with Crippen molar-refractivity contribution in [2.45, 2.75) is 39.5 Å². The number of aromatic nitrogens is 2. The summed E-state index contributed by atoms with van der Waals surface area (Å²) in [6.07, 6.45) is 5.90. The second-order valence-corrected chi connectivity index (χ2v) is 8.04. The van der Waals surface area contributed by atoms with Crippen LogP contribution in [0.1, 0.15) is 37.9 Å². The number of hydrogen-bond acceptors (Lipinski definition) is 2. The van der Waals surface area contributed by atoms with Crippen LogP contribution in [0.15, 0.2) is 40.0 Å². The Morgan fingerprint density at radius 1 is 1.40 bits per heavy atom. The van der Waals surface area contributed by atoms with Crippen molar-refractivity contribution in [1.29, 1.82) is 0 Å². The van der Waals surface area contributed by atoms with Gasteiger partial charge in [-0.15, -0.1) is 0 Å². The van der Waals surface area contributed by atoms with Crippen molar-refractivity contribution in [3.8, 4) is 11.3 Å². The van der Waals surface area contributed by atoms with E-state index in [-0.39, 0.29) is 11.7 Å². The van der Waals surface area contributed by atoms with E-state index < -0.39 is 0 Å². The average molecular weight is 448 g/mol. The van der Waals surface area contributed by atoms with Crippen molar-refractivity contribution < 1.29 is 4.79 Å². The monoisotopic (exact) mass is 448 g/mol. The predicted molar refractivity (Wildman–Crippen MR) is 111 cm³/mol. The molecule has 25 heavy (non-hydrogen) atoms. The predicted octanol–water partition coefficient (Wildman–Crippen LogP) is 5.13. The molecule has 3 nitrogen and oxygen atoms in total. The summed E-state index contributed by atoms with van der Waals surface area (Å²) >= 11 is 2.19. The molecule has 0 bridgehead atoms. The molecule has 4 heteroatoms. The lowest BCUT2D eigenvalue weighted by molar-refractivity contribution is -0.119. The van der Waals surface area contributed by atoms with Gasteiger partial charge in [0.2, 0.25) is 0 Å². The first-order valence-electron chi connectivity index (χ1n) is 9.03. The SMILES string of the molecule is CC/C=C(/I)C(=O)[C@@H](C)[C@@H]1CCc2c(nn(C)c2-c2ccccc2)C1.